The first-order chi connectivity index (χ1) is 8.76. The maximum absolute atomic E-state index is 11.2. The zero-order valence-electron chi connectivity index (χ0n) is 10.1. The van der Waals surface area contributed by atoms with Gasteiger partial charge in [0.1, 0.15) is 11.6 Å². The van der Waals surface area contributed by atoms with Crippen molar-refractivity contribution in [3.63, 3.8) is 0 Å². The molecule has 2 aromatic rings. The molecule has 1 aliphatic rings. The summed E-state index contributed by atoms with van der Waals surface area (Å²) in [5, 5.41) is 0. The van der Waals surface area contributed by atoms with Crippen molar-refractivity contribution in [2.24, 2.45) is 5.73 Å². The van der Waals surface area contributed by atoms with Crippen LogP contribution >= 0.6 is 0 Å². The molecule has 1 aliphatic heterocycles. The molecule has 0 bridgehead atoms. The Morgan fingerprint density at radius 2 is 2.11 bits per heavy atom. The van der Waals surface area contributed by atoms with Gasteiger partial charge in [0.15, 0.2) is 0 Å². The first-order valence-corrected chi connectivity index (χ1v) is 6.21. The maximum Gasteiger partial charge on any atom is 0.136 e. The van der Waals surface area contributed by atoms with E-state index in [4.69, 9.17) is 5.73 Å². The van der Waals surface area contributed by atoms with E-state index in [0.717, 1.165) is 35.6 Å². The van der Waals surface area contributed by atoms with Gasteiger partial charge in [-0.2, -0.15) is 0 Å². The van der Waals surface area contributed by atoms with Gasteiger partial charge in [-0.25, -0.2) is 4.98 Å². The molecule has 1 aromatic carbocycles. The molecule has 0 amide bonds. The fourth-order valence-corrected chi connectivity index (χ4v) is 2.36. The van der Waals surface area contributed by atoms with Crippen molar-refractivity contribution in [3.05, 3.63) is 24.0 Å². The smallest absolute Gasteiger partial charge is 0.136 e. The first-order valence-electron chi connectivity index (χ1n) is 6.21. The number of hydrogen-bond acceptors (Lipinski definition) is 4. The largest absolute Gasteiger partial charge is 0.371 e. The second kappa shape index (κ2) is 4.42. The molecule has 0 unspecified atom stereocenters. The van der Waals surface area contributed by atoms with Gasteiger partial charge in [-0.3, -0.25) is 4.79 Å². The number of ketones is 1. The number of nitrogens with one attached hydrogen (secondary N) is 1. The molecule has 3 rings (SSSR count). The summed E-state index contributed by atoms with van der Waals surface area (Å²) in [4.78, 5) is 21.1. The van der Waals surface area contributed by atoms with E-state index >= 15 is 0 Å². The molecule has 1 aromatic heterocycles. The lowest BCUT2D eigenvalue weighted by molar-refractivity contribution is -0.119. The van der Waals surface area contributed by atoms with Crippen molar-refractivity contribution in [1.82, 2.24) is 9.97 Å². The van der Waals surface area contributed by atoms with Crippen LogP contribution in [0.4, 0.5) is 5.69 Å². The Bertz CT molecular complexity index is 580. The molecule has 0 atom stereocenters. The fraction of sp³-hybridized carbons (Fsp3) is 0.385. The summed E-state index contributed by atoms with van der Waals surface area (Å²) in [6, 6.07) is 6.13. The summed E-state index contributed by atoms with van der Waals surface area (Å²) in [6.07, 6.45) is 1.30. The van der Waals surface area contributed by atoms with Crippen LogP contribution in [0.25, 0.3) is 11.0 Å². The lowest BCUT2D eigenvalue weighted by Gasteiger charge is -2.28. The van der Waals surface area contributed by atoms with E-state index in [1.54, 1.807) is 0 Å². The molecule has 5 nitrogen and oxygen atoms in total. The highest BCUT2D eigenvalue weighted by Crippen LogP contribution is 2.23. The molecule has 1 fully saturated rings. The molecule has 0 saturated carbocycles. The van der Waals surface area contributed by atoms with Gasteiger partial charge < -0.3 is 15.6 Å². The van der Waals surface area contributed by atoms with Crippen LogP contribution in [0.15, 0.2) is 18.2 Å². The van der Waals surface area contributed by atoms with Gasteiger partial charge in [-0.05, 0) is 18.2 Å². The van der Waals surface area contributed by atoms with Crippen molar-refractivity contribution in [3.8, 4) is 0 Å². The Morgan fingerprint density at radius 1 is 1.33 bits per heavy atom. The number of fused-ring (bicyclic) bond motifs is 1. The van der Waals surface area contributed by atoms with E-state index in [2.05, 4.69) is 27.0 Å². The van der Waals surface area contributed by atoms with Crippen LogP contribution in [0.1, 0.15) is 18.7 Å². The van der Waals surface area contributed by atoms with Crippen LogP contribution in [-0.2, 0) is 11.3 Å². The molecule has 18 heavy (non-hydrogen) atoms. The molecule has 3 N–H and O–H groups in total. The molecule has 0 spiro atoms. The van der Waals surface area contributed by atoms with Gasteiger partial charge in [0, 0.05) is 31.6 Å². The Balaban J connectivity index is 1.90. The predicted molar refractivity (Wildman–Crippen MR) is 70.4 cm³/mol. The number of benzene rings is 1. The molecule has 0 radical (unpaired) electrons. The number of Topliss-reactive ketones (excluding diaryl/α,β-unsaturated/α-hetero) is 1. The van der Waals surface area contributed by atoms with Crippen molar-refractivity contribution in [2.45, 2.75) is 19.4 Å². The van der Waals surface area contributed by atoms with E-state index in [0.29, 0.717) is 25.2 Å². The third-order valence-corrected chi connectivity index (χ3v) is 3.39. The Labute approximate surface area is 105 Å². The minimum absolute atomic E-state index is 0.360. The van der Waals surface area contributed by atoms with Gasteiger partial charge in [-0.1, -0.05) is 0 Å². The highest BCUT2D eigenvalue weighted by Gasteiger charge is 2.16. The number of rotatable bonds is 2. The second-order valence-electron chi connectivity index (χ2n) is 4.61. The number of nitrogens with two attached hydrogens (primary N) is 1. The Kier molecular flexibility index (Phi) is 2.76. The van der Waals surface area contributed by atoms with E-state index in [-0.39, 0.29) is 0 Å². The summed E-state index contributed by atoms with van der Waals surface area (Å²) < 4.78 is 0. The van der Waals surface area contributed by atoms with Crippen LogP contribution in [0.5, 0.6) is 0 Å². The molecule has 0 aliphatic carbocycles. The third kappa shape index (κ3) is 1.97. The SMILES string of the molecule is NCc1nc2ccc(N3CCC(=O)CC3)cc2[nH]1. The Morgan fingerprint density at radius 3 is 2.83 bits per heavy atom. The molecule has 2 heterocycles. The zero-order chi connectivity index (χ0) is 12.5. The maximum atomic E-state index is 11.2. The summed E-state index contributed by atoms with van der Waals surface area (Å²) >= 11 is 0. The van der Waals surface area contributed by atoms with Crippen LogP contribution in [0.2, 0.25) is 0 Å². The quantitative estimate of drug-likeness (QED) is 0.832. The average Bonchev–Trinajstić information content (AvgIpc) is 2.81. The van der Waals surface area contributed by atoms with Crippen LogP contribution in [0.3, 0.4) is 0 Å². The highest BCUT2D eigenvalue weighted by atomic mass is 16.1. The van der Waals surface area contributed by atoms with Crippen molar-refractivity contribution >= 4 is 22.5 Å². The summed E-state index contributed by atoms with van der Waals surface area (Å²) in [7, 11) is 0. The van der Waals surface area contributed by atoms with Crippen molar-refractivity contribution in [2.75, 3.05) is 18.0 Å². The number of carbonyl (C=O) groups is 1. The number of aromatic nitrogens is 2. The van der Waals surface area contributed by atoms with Crippen molar-refractivity contribution in [1.29, 1.82) is 0 Å². The lowest BCUT2D eigenvalue weighted by atomic mass is 10.1. The minimum Gasteiger partial charge on any atom is -0.371 e. The molecule has 94 valence electrons. The first kappa shape index (κ1) is 11.2. The summed E-state index contributed by atoms with van der Waals surface area (Å²) in [6.45, 7) is 2.03. The molecule has 1 saturated heterocycles. The van der Waals surface area contributed by atoms with Gasteiger partial charge >= 0.3 is 0 Å². The van der Waals surface area contributed by atoms with Gasteiger partial charge in [0.25, 0.3) is 0 Å². The highest BCUT2D eigenvalue weighted by molar-refractivity contribution is 5.83. The third-order valence-electron chi connectivity index (χ3n) is 3.39. The average molecular weight is 244 g/mol. The van der Waals surface area contributed by atoms with Crippen LogP contribution in [-0.4, -0.2) is 28.8 Å². The number of anilines is 1. The fourth-order valence-electron chi connectivity index (χ4n) is 2.36. The predicted octanol–water partition coefficient (Wildman–Crippen LogP) is 1.19. The topological polar surface area (TPSA) is 75.0 Å². The van der Waals surface area contributed by atoms with E-state index in [9.17, 15) is 4.79 Å². The van der Waals surface area contributed by atoms with Crippen LogP contribution in [0, 0.1) is 0 Å². The van der Waals surface area contributed by atoms with Crippen LogP contribution < -0.4 is 10.6 Å². The van der Waals surface area contributed by atoms with E-state index in [1.165, 1.54) is 0 Å². The van der Waals surface area contributed by atoms with E-state index < -0.39 is 0 Å². The molecular weight excluding hydrogens is 228 g/mol. The van der Waals surface area contributed by atoms with Gasteiger partial charge in [-0.15, -0.1) is 0 Å². The number of imidazole rings is 1. The Hall–Kier alpha value is -1.88. The number of piperidine rings is 1. The summed E-state index contributed by atoms with van der Waals surface area (Å²) in [5.74, 6) is 1.16. The minimum atomic E-state index is 0.360. The number of aromatic amines is 1. The molecule has 5 heteroatoms. The van der Waals surface area contributed by atoms with Crippen molar-refractivity contribution < 1.29 is 4.79 Å². The van der Waals surface area contributed by atoms with E-state index in [1.807, 2.05) is 6.07 Å². The normalized spacial score (nSPS) is 16.5. The van der Waals surface area contributed by atoms with Gasteiger partial charge in [0.05, 0.1) is 17.6 Å². The lowest BCUT2D eigenvalue weighted by Crippen LogP contribution is -2.33. The second-order valence-corrected chi connectivity index (χ2v) is 4.61. The number of carbonyl (C=O) groups excluding carboxylic acids is 1. The number of nitrogens with zero attached hydrogens (tertiary/aromatic N) is 2. The monoisotopic (exact) mass is 244 g/mol. The molecular formula is C13H16N4O. The zero-order valence-corrected chi connectivity index (χ0v) is 10.1. The standard InChI is InChI=1S/C13H16N4O/c14-8-13-15-11-2-1-9(7-12(11)16-13)17-5-3-10(18)4-6-17/h1-2,7H,3-6,8,14H2,(H,15,16). The number of H-pyrrole nitrogens is 1. The van der Waals surface area contributed by atoms with Gasteiger partial charge in [0.2, 0.25) is 0 Å². The number of hydrogen-bond donors (Lipinski definition) is 2. The summed E-state index contributed by atoms with van der Waals surface area (Å²) in [5.41, 5.74) is 8.65.